The molecule has 1 amide bonds. The number of carbonyl (C=O) groups excluding carboxylic acids is 1. The number of nitrogens with one attached hydrogen (secondary N) is 1. The molecule has 112 valence electrons. The summed E-state index contributed by atoms with van der Waals surface area (Å²) < 4.78 is 13.6. The largest absolute Gasteiger partial charge is 0.325 e. The first kappa shape index (κ1) is 16.9. The van der Waals surface area contributed by atoms with Crippen LogP contribution in [0.15, 0.2) is 18.2 Å². The van der Waals surface area contributed by atoms with Gasteiger partial charge in [-0.1, -0.05) is 18.9 Å². The summed E-state index contributed by atoms with van der Waals surface area (Å²) in [5.41, 5.74) is 6.85. The zero-order chi connectivity index (χ0) is 14.0. The minimum atomic E-state index is -0.497. The number of hydrogen-bond donors (Lipinski definition) is 2. The Morgan fingerprint density at radius 3 is 2.80 bits per heavy atom. The van der Waals surface area contributed by atoms with Gasteiger partial charge in [-0.15, -0.1) is 12.4 Å². The quantitative estimate of drug-likeness (QED) is 0.879. The normalized spacial score (nSPS) is 25.7. The molecule has 0 saturated heterocycles. The first-order chi connectivity index (χ1) is 8.90. The molecule has 1 saturated carbocycles. The number of carbonyl (C=O) groups is 1. The number of nitrogens with two attached hydrogens (primary N) is 1. The average molecular weight is 301 g/mol. The van der Waals surface area contributed by atoms with Crippen molar-refractivity contribution >= 4 is 24.0 Å². The summed E-state index contributed by atoms with van der Waals surface area (Å²) in [6, 6.07) is 4.69. The van der Waals surface area contributed by atoms with Crippen LogP contribution in [0.5, 0.6) is 0 Å². The molecule has 20 heavy (non-hydrogen) atoms. The van der Waals surface area contributed by atoms with E-state index in [1.165, 1.54) is 6.07 Å². The summed E-state index contributed by atoms with van der Waals surface area (Å²) in [5, 5.41) is 2.68. The fraction of sp³-hybridized carbons (Fsp3) is 0.533. The Kier molecular flexibility index (Phi) is 5.54. The van der Waals surface area contributed by atoms with Crippen LogP contribution in [0.1, 0.15) is 38.2 Å². The van der Waals surface area contributed by atoms with Gasteiger partial charge in [0, 0.05) is 5.54 Å². The maximum atomic E-state index is 13.6. The summed E-state index contributed by atoms with van der Waals surface area (Å²) in [4.78, 5) is 12.3. The first-order valence-electron chi connectivity index (χ1n) is 6.76. The van der Waals surface area contributed by atoms with Crippen molar-refractivity contribution in [3.05, 3.63) is 29.6 Å². The number of benzene rings is 1. The van der Waals surface area contributed by atoms with E-state index in [0.29, 0.717) is 0 Å². The number of halogens is 2. The van der Waals surface area contributed by atoms with E-state index >= 15 is 0 Å². The van der Waals surface area contributed by atoms with E-state index in [1.807, 2.05) is 13.8 Å². The van der Waals surface area contributed by atoms with E-state index in [0.717, 1.165) is 31.2 Å². The number of anilines is 1. The Morgan fingerprint density at radius 1 is 1.45 bits per heavy atom. The molecule has 2 unspecified atom stereocenters. The van der Waals surface area contributed by atoms with Crippen LogP contribution in [0, 0.1) is 18.7 Å². The van der Waals surface area contributed by atoms with Gasteiger partial charge in [0.2, 0.25) is 5.91 Å². The van der Waals surface area contributed by atoms with Gasteiger partial charge in [0.05, 0.1) is 11.6 Å². The molecular formula is C15H22ClFN2O. The predicted octanol–water partition coefficient (Wildman–Crippen LogP) is 3.40. The van der Waals surface area contributed by atoms with Crippen molar-refractivity contribution in [3.8, 4) is 0 Å². The lowest BCUT2D eigenvalue weighted by Crippen LogP contribution is -2.51. The minimum absolute atomic E-state index is 0. The Balaban J connectivity index is 0.00000200. The molecule has 3 N–H and O–H groups in total. The molecule has 0 heterocycles. The second kappa shape index (κ2) is 6.55. The second-order valence-electron chi connectivity index (χ2n) is 5.78. The maximum absolute atomic E-state index is 13.6. The van der Waals surface area contributed by atoms with Gasteiger partial charge >= 0.3 is 0 Å². The number of aryl methyl sites for hydroxylation is 1. The van der Waals surface area contributed by atoms with E-state index in [2.05, 4.69) is 5.32 Å². The Hall–Kier alpha value is -1.13. The van der Waals surface area contributed by atoms with Crippen LogP contribution >= 0.6 is 12.4 Å². The third-order valence-electron chi connectivity index (χ3n) is 3.95. The van der Waals surface area contributed by atoms with Crippen molar-refractivity contribution in [3.63, 3.8) is 0 Å². The molecular weight excluding hydrogens is 279 g/mol. The van der Waals surface area contributed by atoms with E-state index in [4.69, 9.17) is 5.73 Å². The van der Waals surface area contributed by atoms with E-state index < -0.39 is 11.4 Å². The van der Waals surface area contributed by atoms with Crippen molar-refractivity contribution in [1.29, 1.82) is 0 Å². The molecule has 1 aliphatic rings. The second-order valence-corrected chi connectivity index (χ2v) is 5.78. The lowest BCUT2D eigenvalue weighted by Gasteiger charge is -2.37. The molecule has 1 aromatic carbocycles. The van der Waals surface area contributed by atoms with E-state index in [1.54, 1.807) is 12.1 Å². The lowest BCUT2D eigenvalue weighted by atomic mass is 9.74. The Bertz CT molecular complexity index is 491. The SMILES string of the molecule is Cc1ccc(F)c(NC(=O)C2CCCCC2(C)N)c1.Cl. The van der Waals surface area contributed by atoms with Crippen LogP contribution in [0.2, 0.25) is 0 Å². The fourth-order valence-electron chi connectivity index (χ4n) is 2.74. The zero-order valence-electron chi connectivity index (χ0n) is 11.9. The smallest absolute Gasteiger partial charge is 0.229 e. The van der Waals surface area contributed by atoms with Crippen LogP contribution in [0.25, 0.3) is 0 Å². The van der Waals surface area contributed by atoms with Crippen LogP contribution in [0.3, 0.4) is 0 Å². The molecule has 0 bridgehead atoms. The molecule has 1 aromatic rings. The summed E-state index contributed by atoms with van der Waals surface area (Å²) in [6.45, 7) is 3.77. The summed E-state index contributed by atoms with van der Waals surface area (Å²) >= 11 is 0. The summed E-state index contributed by atoms with van der Waals surface area (Å²) in [7, 11) is 0. The van der Waals surface area contributed by atoms with Crippen molar-refractivity contribution in [2.75, 3.05) is 5.32 Å². The van der Waals surface area contributed by atoms with Gasteiger partial charge in [0.25, 0.3) is 0 Å². The van der Waals surface area contributed by atoms with Crippen LogP contribution in [-0.4, -0.2) is 11.4 Å². The van der Waals surface area contributed by atoms with Gasteiger partial charge < -0.3 is 11.1 Å². The summed E-state index contributed by atoms with van der Waals surface area (Å²) in [6.07, 6.45) is 3.66. The van der Waals surface area contributed by atoms with Gasteiger partial charge in [-0.3, -0.25) is 4.79 Å². The minimum Gasteiger partial charge on any atom is -0.325 e. The molecule has 2 atom stereocenters. The molecule has 1 aliphatic carbocycles. The molecule has 1 fully saturated rings. The van der Waals surface area contributed by atoms with E-state index in [-0.39, 0.29) is 29.9 Å². The monoisotopic (exact) mass is 300 g/mol. The highest BCUT2D eigenvalue weighted by Crippen LogP contribution is 2.32. The predicted molar refractivity (Wildman–Crippen MR) is 81.6 cm³/mol. The van der Waals surface area contributed by atoms with Gasteiger partial charge in [0.15, 0.2) is 0 Å². The molecule has 3 nitrogen and oxygen atoms in total. The molecule has 0 aromatic heterocycles. The third kappa shape index (κ3) is 3.70. The van der Waals surface area contributed by atoms with Gasteiger partial charge in [-0.25, -0.2) is 4.39 Å². The van der Waals surface area contributed by atoms with Crippen LogP contribution in [0.4, 0.5) is 10.1 Å². The number of hydrogen-bond acceptors (Lipinski definition) is 2. The van der Waals surface area contributed by atoms with Crippen LogP contribution in [-0.2, 0) is 4.79 Å². The van der Waals surface area contributed by atoms with Crippen molar-refractivity contribution in [1.82, 2.24) is 0 Å². The Morgan fingerprint density at radius 2 is 2.15 bits per heavy atom. The van der Waals surface area contributed by atoms with Crippen LogP contribution < -0.4 is 11.1 Å². The van der Waals surface area contributed by atoms with Gasteiger partial charge in [-0.05, 0) is 44.4 Å². The Labute approximate surface area is 125 Å². The van der Waals surface area contributed by atoms with Crippen molar-refractivity contribution in [2.45, 2.75) is 45.1 Å². The summed E-state index contributed by atoms with van der Waals surface area (Å²) in [5.74, 6) is -0.830. The highest BCUT2D eigenvalue weighted by molar-refractivity contribution is 5.93. The molecule has 0 aliphatic heterocycles. The molecule has 0 spiro atoms. The lowest BCUT2D eigenvalue weighted by molar-refractivity contribution is -0.122. The number of amides is 1. The van der Waals surface area contributed by atoms with Crippen molar-refractivity contribution < 1.29 is 9.18 Å². The van der Waals surface area contributed by atoms with Gasteiger partial charge in [0.1, 0.15) is 5.82 Å². The highest BCUT2D eigenvalue weighted by Gasteiger charge is 2.37. The fourth-order valence-corrected chi connectivity index (χ4v) is 2.74. The molecule has 0 radical (unpaired) electrons. The zero-order valence-corrected chi connectivity index (χ0v) is 12.7. The molecule has 5 heteroatoms. The topological polar surface area (TPSA) is 55.1 Å². The average Bonchev–Trinajstić information content (AvgIpc) is 2.33. The highest BCUT2D eigenvalue weighted by atomic mass is 35.5. The maximum Gasteiger partial charge on any atom is 0.229 e. The third-order valence-corrected chi connectivity index (χ3v) is 3.95. The van der Waals surface area contributed by atoms with E-state index in [9.17, 15) is 9.18 Å². The molecule has 2 rings (SSSR count). The standard InChI is InChI=1S/C15H21FN2O.ClH/c1-10-6-7-12(16)13(9-10)18-14(19)11-5-3-4-8-15(11,2)17;/h6-7,9,11H,3-5,8,17H2,1-2H3,(H,18,19);1H. The number of rotatable bonds is 2. The van der Waals surface area contributed by atoms with Gasteiger partial charge in [-0.2, -0.15) is 0 Å². The first-order valence-corrected chi connectivity index (χ1v) is 6.76. The van der Waals surface area contributed by atoms with Crippen molar-refractivity contribution in [2.24, 2.45) is 11.7 Å².